The molecule has 1 aliphatic rings. The standard InChI is InChI=1S/C29H46N2O11/c32-18-5-1-3-11-28(38)41-21-24(22-42-29(39)12-4-2-6-19-33)40-20-8-10-25(35)30-16-7-9-23(34)15-17-31-26(36)13-14-27(31)37/h13-14,24,32-33H,1-12,15-22H2,(H,30,35). The summed E-state index contributed by atoms with van der Waals surface area (Å²) < 4.78 is 16.2. The lowest BCUT2D eigenvalue weighted by Crippen LogP contribution is -2.32. The van der Waals surface area contributed by atoms with E-state index in [2.05, 4.69) is 5.32 Å². The molecule has 0 aromatic rings. The molecule has 0 aromatic heterocycles. The first-order chi connectivity index (χ1) is 20.3. The summed E-state index contributed by atoms with van der Waals surface area (Å²) in [6.07, 6.45) is 7.15. The van der Waals surface area contributed by atoms with Gasteiger partial charge in [-0.2, -0.15) is 0 Å². The molecule has 0 radical (unpaired) electrons. The Balaban J connectivity index is 2.27. The first kappa shape index (κ1) is 36.9. The number of imide groups is 1. The second-order valence-corrected chi connectivity index (χ2v) is 9.93. The van der Waals surface area contributed by atoms with E-state index in [9.17, 15) is 28.8 Å². The largest absolute Gasteiger partial charge is 0.463 e. The van der Waals surface area contributed by atoms with Gasteiger partial charge in [0.05, 0.1) is 0 Å². The zero-order valence-corrected chi connectivity index (χ0v) is 24.4. The van der Waals surface area contributed by atoms with Crippen molar-refractivity contribution in [1.29, 1.82) is 0 Å². The number of ketones is 1. The molecule has 1 rings (SSSR count). The van der Waals surface area contributed by atoms with Crippen LogP contribution in [0.3, 0.4) is 0 Å². The zero-order valence-electron chi connectivity index (χ0n) is 24.4. The molecule has 0 unspecified atom stereocenters. The highest BCUT2D eigenvalue weighted by Crippen LogP contribution is 2.07. The summed E-state index contributed by atoms with van der Waals surface area (Å²) in [6, 6.07) is 0. The second kappa shape index (κ2) is 23.4. The number of nitrogens with zero attached hydrogens (tertiary/aromatic N) is 1. The van der Waals surface area contributed by atoms with Crippen LogP contribution in [0, 0.1) is 0 Å². The van der Waals surface area contributed by atoms with Crippen LogP contribution < -0.4 is 5.32 Å². The maximum absolute atomic E-state index is 12.1. The first-order valence-corrected chi connectivity index (χ1v) is 14.7. The van der Waals surface area contributed by atoms with E-state index in [4.69, 9.17) is 24.4 Å². The maximum Gasteiger partial charge on any atom is 0.305 e. The van der Waals surface area contributed by atoms with Crippen LogP contribution >= 0.6 is 0 Å². The first-order valence-electron chi connectivity index (χ1n) is 14.7. The number of aliphatic hydroxyl groups excluding tert-OH is 2. The molecule has 3 N–H and O–H groups in total. The van der Waals surface area contributed by atoms with Gasteiger partial charge in [-0.3, -0.25) is 33.7 Å². The number of ether oxygens (including phenoxy) is 3. The van der Waals surface area contributed by atoms with Gasteiger partial charge in [-0.1, -0.05) is 12.8 Å². The number of Topliss-reactive ketones (excluding diaryl/α,β-unsaturated/α-hetero) is 1. The number of rotatable bonds is 26. The van der Waals surface area contributed by atoms with Gasteiger partial charge in [-0.25, -0.2) is 0 Å². The molecule has 0 fully saturated rings. The minimum absolute atomic E-state index is 0.0461. The summed E-state index contributed by atoms with van der Waals surface area (Å²) in [5, 5.41) is 20.4. The van der Waals surface area contributed by atoms with E-state index in [1.807, 2.05) is 0 Å². The number of carbonyl (C=O) groups excluding carboxylic acids is 6. The molecule has 0 aromatic carbocycles. The van der Waals surface area contributed by atoms with Crippen molar-refractivity contribution in [3.8, 4) is 0 Å². The molecule has 0 saturated carbocycles. The average molecular weight is 599 g/mol. The number of nitrogens with one attached hydrogen (secondary N) is 1. The Kier molecular flexibility index (Phi) is 20.5. The van der Waals surface area contributed by atoms with E-state index in [0.717, 1.165) is 4.90 Å². The van der Waals surface area contributed by atoms with Crippen molar-refractivity contribution in [2.75, 3.05) is 46.1 Å². The molecule has 0 atom stereocenters. The lowest BCUT2D eigenvalue weighted by atomic mass is 10.1. The zero-order chi connectivity index (χ0) is 31.0. The topological polar surface area (TPSA) is 186 Å². The smallest absolute Gasteiger partial charge is 0.305 e. The number of unbranched alkanes of at least 4 members (excludes halogenated alkanes) is 4. The van der Waals surface area contributed by atoms with Crippen LogP contribution in [0.2, 0.25) is 0 Å². The van der Waals surface area contributed by atoms with Gasteiger partial charge in [0.15, 0.2) is 0 Å². The molecular weight excluding hydrogens is 552 g/mol. The van der Waals surface area contributed by atoms with Crippen LogP contribution in [0.4, 0.5) is 0 Å². The van der Waals surface area contributed by atoms with Gasteiger partial charge in [0.2, 0.25) is 5.91 Å². The van der Waals surface area contributed by atoms with Gasteiger partial charge >= 0.3 is 11.9 Å². The van der Waals surface area contributed by atoms with Crippen LogP contribution in [0.1, 0.15) is 83.5 Å². The molecule has 3 amide bonds. The quantitative estimate of drug-likeness (QED) is 0.0736. The minimum atomic E-state index is -0.691. The van der Waals surface area contributed by atoms with E-state index in [1.165, 1.54) is 12.2 Å². The van der Waals surface area contributed by atoms with Crippen LogP contribution in [-0.4, -0.2) is 103 Å². The Bertz CT molecular complexity index is 845. The summed E-state index contributed by atoms with van der Waals surface area (Å²) in [6.45, 7) is 0.450. The summed E-state index contributed by atoms with van der Waals surface area (Å²) >= 11 is 0. The van der Waals surface area contributed by atoms with E-state index in [1.54, 1.807) is 0 Å². The fraction of sp³-hybridized carbons (Fsp3) is 0.724. The lowest BCUT2D eigenvalue weighted by molar-refractivity contribution is -0.155. The molecule has 0 saturated heterocycles. The van der Waals surface area contributed by atoms with Crippen molar-refractivity contribution in [1.82, 2.24) is 10.2 Å². The third-order valence-corrected chi connectivity index (χ3v) is 6.31. The van der Waals surface area contributed by atoms with Crippen molar-refractivity contribution < 1.29 is 53.2 Å². The van der Waals surface area contributed by atoms with E-state index in [0.29, 0.717) is 57.9 Å². The molecule has 1 heterocycles. The average Bonchev–Trinajstić information content (AvgIpc) is 3.29. The molecule has 42 heavy (non-hydrogen) atoms. The highest BCUT2D eigenvalue weighted by Gasteiger charge is 2.23. The van der Waals surface area contributed by atoms with Crippen LogP contribution in [0.5, 0.6) is 0 Å². The van der Waals surface area contributed by atoms with E-state index < -0.39 is 29.9 Å². The number of aliphatic hydroxyl groups is 2. The van der Waals surface area contributed by atoms with Gasteiger partial charge < -0.3 is 29.7 Å². The highest BCUT2D eigenvalue weighted by molar-refractivity contribution is 6.13. The fourth-order valence-electron chi connectivity index (χ4n) is 3.87. The molecule has 1 aliphatic heterocycles. The third kappa shape index (κ3) is 18.3. The molecule has 0 aliphatic carbocycles. The SMILES string of the molecule is O=C(CCCNC(=O)CCCOC(COC(=O)CCCCCO)COC(=O)CCCCCO)CCN1C(=O)C=CC1=O. The van der Waals surface area contributed by atoms with Crippen LogP contribution in [0.15, 0.2) is 12.2 Å². The van der Waals surface area contributed by atoms with E-state index in [-0.39, 0.29) is 83.4 Å². The highest BCUT2D eigenvalue weighted by atomic mass is 16.6. The number of esters is 2. The third-order valence-electron chi connectivity index (χ3n) is 6.31. The predicted molar refractivity (Wildman–Crippen MR) is 150 cm³/mol. The van der Waals surface area contributed by atoms with Crippen molar-refractivity contribution in [3.63, 3.8) is 0 Å². The molecule has 13 nitrogen and oxygen atoms in total. The van der Waals surface area contributed by atoms with Gasteiger partial charge in [-0.15, -0.1) is 0 Å². The Morgan fingerprint density at radius 2 is 1.29 bits per heavy atom. The van der Waals surface area contributed by atoms with Gasteiger partial charge in [0.1, 0.15) is 25.1 Å². The van der Waals surface area contributed by atoms with Crippen molar-refractivity contribution in [2.45, 2.75) is 89.6 Å². The molecule has 0 spiro atoms. The van der Waals surface area contributed by atoms with Gasteiger partial charge in [-0.05, 0) is 38.5 Å². The summed E-state index contributed by atoms with van der Waals surface area (Å²) in [5.74, 6) is -1.99. The van der Waals surface area contributed by atoms with Gasteiger partial charge in [0, 0.05) is 77.2 Å². The Hall–Kier alpha value is -3.16. The van der Waals surface area contributed by atoms with Crippen molar-refractivity contribution in [2.24, 2.45) is 0 Å². The molecule has 238 valence electrons. The predicted octanol–water partition coefficient (Wildman–Crippen LogP) is 1.12. The van der Waals surface area contributed by atoms with Crippen LogP contribution in [0.25, 0.3) is 0 Å². The summed E-state index contributed by atoms with van der Waals surface area (Å²) in [4.78, 5) is 72.1. The molecule has 13 heteroatoms. The number of hydrogen-bond acceptors (Lipinski definition) is 11. The monoisotopic (exact) mass is 598 g/mol. The number of amides is 3. The van der Waals surface area contributed by atoms with Crippen LogP contribution in [-0.2, 0) is 43.0 Å². The summed E-state index contributed by atoms with van der Waals surface area (Å²) in [7, 11) is 0. The number of hydrogen-bond donors (Lipinski definition) is 3. The normalized spacial score (nSPS) is 12.7. The number of carbonyl (C=O) groups is 6. The molecule has 0 bridgehead atoms. The Morgan fingerprint density at radius 3 is 1.83 bits per heavy atom. The van der Waals surface area contributed by atoms with Crippen molar-refractivity contribution >= 4 is 35.4 Å². The summed E-state index contributed by atoms with van der Waals surface area (Å²) in [5.41, 5.74) is 0. The Labute approximate surface area is 246 Å². The maximum atomic E-state index is 12.1. The minimum Gasteiger partial charge on any atom is -0.463 e. The fourth-order valence-corrected chi connectivity index (χ4v) is 3.87. The van der Waals surface area contributed by atoms with E-state index >= 15 is 0 Å². The second-order valence-electron chi connectivity index (χ2n) is 9.93. The van der Waals surface area contributed by atoms with Gasteiger partial charge in [0.25, 0.3) is 11.8 Å². The molecular formula is C29H46N2O11. The lowest BCUT2D eigenvalue weighted by Gasteiger charge is -2.18. The Morgan fingerprint density at radius 1 is 0.714 bits per heavy atom. The van der Waals surface area contributed by atoms with Crippen molar-refractivity contribution in [3.05, 3.63) is 12.2 Å².